The summed E-state index contributed by atoms with van der Waals surface area (Å²) in [5.41, 5.74) is 6.49. The van der Waals surface area contributed by atoms with Gasteiger partial charge in [-0.25, -0.2) is 0 Å². The van der Waals surface area contributed by atoms with Crippen LogP contribution < -0.4 is 5.73 Å². The first kappa shape index (κ1) is 10.1. The summed E-state index contributed by atoms with van der Waals surface area (Å²) in [4.78, 5) is 0. The minimum atomic E-state index is -0.125. The molecule has 0 spiro atoms. The van der Waals surface area contributed by atoms with E-state index >= 15 is 0 Å². The Kier molecular flexibility index (Phi) is 5.43. The number of hydrogen-bond acceptors (Lipinski definition) is 2. The summed E-state index contributed by atoms with van der Waals surface area (Å²) < 4.78 is 0. The minimum Gasteiger partial charge on any atom is -0.392 e. The molecule has 0 rings (SSSR count). The van der Waals surface area contributed by atoms with Gasteiger partial charge < -0.3 is 10.8 Å². The van der Waals surface area contributed by atoms with Crippen molar-refractivity contribution in [1.82, 2.24) is 0 Å². The molecule has 0 aliphatic heterocycles. The monoisotopic (exact) mass is 153 g/mol. The highest BCUT2D eigenvalue weighted by atomic mass is 16.3. The standard InChI is InChI=1S/C9H15NO/c1-3-4-5-9(10)6-8(2)7-11/h3-6,9,11H,1,7,10H2,2H3/b5-4?,8-6+. The van der Waals surface area contributed by atoms with Crippen LogP contribution in [0.4, 0.5) is 0 Å². The van der Waals surface area contributed by atoms with Gasteiger partial charge in [0.25, 0.3) is 0 Å². The first-order valence-electron chi connectivity index (χ1n) is 3.53. The van der Waals surface area contributed by atoms with Crippen molar-refractivity contribution in [2.75, 3.05) is 6.61 Å². The zero-order valence-corrected chi connectivity index (χ0v) is 6.83. The van der Waals surface area contributed by atoms with E-state index in [2.05, 4.69) is 6.58 Å². The molecular formula is C9H15NO. The molecule has 0 aliphatic rings. The Morgan fingerprint density at radius 1 is 1.73 bits per heavy atom. The van der Waals surface area contributed by atoms with E-state index in [0.29, 0.717) is 0 Å². The zero-order valence-electron chi connectivity index (χ0n) is 6.83. The van der Waals surface area contributed by atoms with Crippen LogP contribution in [0.2, 0.25) is 0 Å². The predicted molar refractivity (Wildman–Crippen MR) is 48.2 cm³/mol. The molecule has 11 heavy (non-hydrogen) atoms. The summed E-state index contributed by atoms with van der Waals surface area (Å²) in [5.74, 6) is 0. The predicted octanol–water partition coefficient (Wildman–Crippen LogP) is 0.994. The maximum Gasteiger partial charge on any atom is 0.0639 e. The Balaban J connectivity index is 3.94. The summed E-state index contributed by atoms with van der Waals surface area (Å²) in [6.45, 7) is 5.42. The van der Waals surface area contributed by atoms with Gasteiger partial charge in [-0.3, -0.25) is 0 Å². The van der Waals surface area contributed by atoms with Crippen molar-refractivity contribution >= 4 is 0 Å². The minimum absolute atomic E-state index is 0.0651. The second kappa shape index (κ2) is 5.89. The molecule has 0 heterocycles. The highest BCUT2D eigenvalue weighted by Crippen LogP contribution is 1.93. The van der Waals surface area contributed by atoms with Gasteiger partial charge in [0, 0.05) is 6.04 Å². The molecule has 3 N–H and O–H groups in total. The van der Waals surface area contributed by atoms with Crippen LogP contribution in [0.25, 0.3) is 0 Å². The lowest BCUT2D eigenvalue weighted by atomic mass is 10.2. The Labute approximate surface area is 67.7 Å². The van der Waals surface area contributed by atoms with Crippen LogP contribution in [-0.4, -0.2) is 17.8 Å². The van der Waals surface area contributed by atoms with E-state index in [1.54, 1.807) is 18.2 Å². The van der Waals surface area contributed by atoms with Crippen LogP contribution in [0, 0.1) is 0 Å². The molecule has 0 saturated carbocycles. The van der Waals surface area contributed by atoms with Crippen molar-refractivity contribution < 1.29 is 5.11 Å². The first-order chi connectivity index (χ1) is 5.20. The van der Waals surface area contributed by atoms with Gasteiger partial charge in [-0.2, -0.15) is 0 Å². The van der Waals surface area contributed by atoms with Crippen LogP contribution in [0.15, 0.2) is 36.5 Å². The Morgan fingerprint density at radius 3 is 2.82 bits per heavy atom. The SMILES string of the molecule is C=CC=CC(N)/C=C(\C)CO. The van der Waals surface area contributed by atoms with E-state index in [-0.39, 0.29) is 12.6 Å². The van der Waals surface area contributed by atoms with Crippen molar-refractivity contribution in [1.29, 1.82) is 0 Å². The maximum atomic E-state index is 8.64. The zero-order chi connectivity index (χ0) is 8.69. The number of rotatable bonds is 4. The lowest BCUT2D eigenvalue weighted by Crippen LogP contribution is -2.14. The number of aliphatic hydroxyl groups is 1. The van der Waals surface area contributed by atoms with Gasteiger partial charge in [0.1, 0.15) is 0 Å². The molecule has 1 unspecified atom stereocenters. The molecule has 0 aliphatic carbocycles. The average Bonchev–Trinajstić information content (AvgIpc) is 2.00. The maximum absolute atomic E-state index is 8.64. The lowest BCUT2D eigenvalue weighted by Gasteiger charge is -1.99. The summed E-state index contributed by atoms with van der Waals surface area (Å²) >= 11 is 0. The van der Waals surface area contributed by atoms with Crippen molar-refractivity contribution in [3.63, 3.8) is 0 Å². The van der Waals surface area contributed by atoms with Crippen LogP contribution in [0.1, 0.15) is 6.92 Å². The molecule has 0 bridgehead atoms. The van der Waals surface area contributed by atoms with E-state index in [4.69, 9.17) is 10.8 Å². The largest absolute Gasteiger partial charge is 0.392 e. The van der Waals surface area contributed by atoms with Crippen molar-refractivity contribution in [2.24, 2.45) is 5.73 Å². The molecule has 0 fully saturated rings. The third-order valence-electron chi connectivity index (χ3n) is 1.20. The fourth-order valence-corrected chi connectivity index (χ4v) is 0.644. The van der Waals surface area contributed by atoms with Gasteiger partial charge in [0.2, 0.25) is 0 Å². The Morgan fingerprint density at radius 2 is 2.36 bits per heavy atom. The summed E-state index contributed by atoms with van der Waals surface area (Å²) in [6, 6.07) is -0.125. The highest BCUT2D eigenvalue weighted by molar-refractivity contribution is 5.13. The third-order valence-corrected chi connectivity index (χ3v) is 1.20. The summed E-state index contributed by atoms with van der Waals surface area (Å²) in [5, 5.41) is 8.64. The molecule has 0 aromatic rings. The van der Waals surface area contributed by atoms with Crippen LogP contribution in [0.3, 0.4) is 0 Å². The van der Waals surface area contributed by atoms with Crippen LogP contribution in [0.5, 0.6) is 0 Å². The molecule has 0 aromatic heterocycles. The number of nitrogens with two attached hydrogens (primary N) is 1. The van der Waals surface area contributed by atoms with Crippen LogP contribution in [-0.2, 0) is 0 Å². The smallest absolute Gasteiger partial charge is 0.0639 e. The second-order valence-electron chi connectivity index (χ2n) is 2.37. The molecule has 0 saturated heterocycles. The van der Waals surface area contributed by atoms with Gasteiger partial charge >= 0.3 is 0 Å². The van der Waals surface area contributed by atoms with Crippen molar-refractivity contribution in [2.45, 2.75) is 13.0 Å². The fraction of sp³-hybridized carbons (Fsp3) is 0.333. The van der Waals surface area contributed by atoms with E-state index in [9.17, 15) is 0 Å². The molecule has 62 valence electrons. The second-order valence-corrected chi connectivity index (χ2v) is 2.37. The van der Waals surface area contributed by atoms with Crippen molar-refractivity contribution in [3.05, 3.63) is 36.5 Å². The lowest BCUT2D eigenvalue weighted by molar-refractivity contribution is 0.331. The highest BCUT2D eigenvalue weighted by Gasteiger charge is 1.91. The van der Waals surface area contributed by atoms with Gasteiger partial charge in [0.05, 0.1) is 6.61 Å². The summed E-state index contributed by atoms with van der Waals surface area (Å²) in [7, 11) is 0. The van der Waals surface area contributed by atoms with E-state index < -0.39 is 0 Å². The number of aliphatic hydroxyl groups excluding tert-OH is 1. The number of allylic oxidation sites excluding steroid dienone is 2. The van der Waals surface area contributed by atoms with Crippen molar-refractivity contribution in [3.8, 4) is 0 Å². The van der Waals surface area contributed by atoms with E-state index in [1.165, 1.54) is 0 Å². The van der Waals surface area contributed by atoms with Gasteiger partial charge in [-0.15, -0.1) is 0 Å². The van der Waals surface area contributed by atoms with E-state index in [1.807, 2.05) is 13.0 Å². The molecule has 2 nitrogen and oxygen atoms in total. The molecule has 1 atom stereocenters. The van der Waals surface area contributed by atoms with Crippen LogP contribution >= 0.6 is 0 Å². The Hall–Kier alpha value is -0.860. The quantitative estimate of drug-likeness (QED) is 0.467. The molecule has 2 heteroatoms. The average molecular weight is 153 g/mol. The molecular weight excluding hydrogens is 138 g/mol. The van der Waals surface area contributed by atoms with Gasteiger partial charge in [-0.1, -0.05) is 36.5 Å². The normalized spacial score (nSPS) is 15.4. The number of hydrogen-bond donors (Lipinski definition) is 2. The molecule has 0 aromatic carbocycles. The third kappa shape index (κ3) is 5.58. The fourth-order valence-electron chi connectivity index (χ4n) is 0.644. The van der Waals surface area contributed by atoms with Gasteiger partial charge in [0.15, 0.2) is 0 Å². The summed E-state index contributed by atoms with van der Waals surface area (Å²) in [6.07, 6.45) is 7.07. The molecule has 0 radical (unpaired) electrons. The first-order valence-corrected chi connectivity index (χ1v) is 3.53. The Bertz CT molecular complexity index is 170. The molecule has 0 amide bonds. The van der Waals surface area contributed by atoms with E-state index in [0.717, 1.165) is 5.57 Å². The topological polar surface area (TPSA) is 46.2 Å². The van der Waals surface area contributed by atoms with Gasteiger partial charge in [-0.05, 0) is 6.92 Å².